The van der Waals surface area contributed by atoms with Crippen molar-refractivity contribution in [1.29, 1.82) is 5.26 Å². The summed E-state index contributed by atoms with van der Waals surface area (Å²) in [5, 5.41) is 13.4. The normalized spacial score (nSPS) is 17.8. The van der Waals surface area contributed by atoms with Gasteiger partial charge in [0.1, 0.15) is 11.6 Å². The molecule has 4 aromatic rings. The molecule has 1 saturated heterocycles. The number of allylic oxidation sites excluding steroid dienone is 1. The quantitative estimate of drug-likeness (QED) is 0.181. The Labute approximate surface area is 266 Å². The number of carbonyl (C=O) groups excluding carboxylic acids is 2. The van der Waals surface area contributed by atoms with Gasteiger partial charge in [-0.25, -0.2) is 4.98 Å². The minimum absolute atomic E-state index is 0.148. The fourth-order valence-electron chi connectivity index (χ4n) is 5.79. The van der Waals surface area contributed by atoms with Gasteiger partial charge in [-0.15, -0.1) is 11.3 Å². The zero-order valence-electron chi connectivity index (χ0n) is 26.2. The lowest BCUT2D eigenvalue weighted by Gasteiger charge is -2.26. The van der Waals surface area contributed by atoms with Crippen LogP contribution in [0.4, 0.5) is 0 Å². The minimum atomic E-state index is -0.367. The molecule has 1 aromatic carbocycles. The second-order valence-electron chi connectivity index (χ2n) is 13.1. The van der Waals surface area contributed by atoms with Gasteiger partial charge in [0, 0.05) is 26.6 Å². The SMILES string of the molecule is Cc1ncc(-c2ccc(C(=O)/N=c3\[nH]c4cc(CNCC5CC5)ccc4n3C[C@H]3CCCN3C(=O)/C(C#N)=C/C(C)(C)C)s2)o1. The molecule has 1 aliphatic carbocycles. The molecule has 0 unspecified atom stereocenters. The van der Waals surface area contributed by atoms with Gasteiger partial charge in [0.15, 0.2) is 11.7 Å². The lowest BCUT2D eigenvalue weighted by molar-refractivity contribution is -0.127. The van der Waals surface area contributed by atoms with E-state index in [0.717, 1.165) is 53.3 Å². The van der Waals surface area contributed by atoms with Crippen LogP contribution in [0, 0.1) is 29.6 Å². The Balaban J connectivity index is 1.33. The van der Waals surface area contributed by atoms with Crippen molar-refractivity contribution >= 4 is 34.2 Å². The molecule has 1 atom stereocenters. The lowest BCUT2D eigenvalue weighted by Crippen LogP contribution is -2.40. The van der Waals surface area contributed by atoms with Gasteiger partial charge >= 0.3 is 0 Å². The Morgan fingerprint density at radius 2 is 2.07 bits per heavy atom. The molecular weight excluding hydrogens is 586 g/mol. The number of likely N-dealkylation sites (tertiary alicyclic amines) is 1. The van der Waals surface area contributed by atoms with E-state index < -0.39 is 0 Å². The number of nitrogens with one attached hydrogen (secondary N) is 2. The summed E-state index contributed by atoms with van der Waals surface area (Å²) < 4.78 is 7.64. The predicted molar refractivity (Wildman–Crippen MR) is 173 cm³/mol. The molecule has 45 heavy (non-hydrogen) atoms. The van der Waals surface area contributed by atoms with Crippen LogP contribution in [0.15, 0.2) is 57.6 Å². The minimum Gasteiger partial charge on any atom is -0.440 e. The van der Waals surface area contributed by atoms with E-state index >= 15 is 0 Å². The standard InChI is InChI=1S/C34H39N7O3S/c1-21-37-19-28(44-21)29-11-12-30(45-29)31(42)39-33-38-26-14-23(18-36-17-22-7-8-22)9-10-27(26)41(33)20-25-6-5-13-40(25)32(43)24(16-35)15-34(2,3)4/h9-12,14-15,19,22,25,36H,5-8,13,17-18,20H2,1-4H3,(H,38,39,42)/b24-15+/t25-/m1/s1. The Morgan fingerprint density at radius 3 is 2.78 bits per heavy atom. The summed E-state index contributed by atoms with van der Waals surface area (Å²) in [5.41, 5.74) is 3.21. The van der Waals surface area contributed by atoms with E-state index in [1.54, 1.807) is 30.2 Å². The third-order valence-corrected chi connectivity index (χ3v) is 9.25. The Kier molecular flexibility index (Phi) is 8.62. The fraction of sp³-hybridized carbons (Fsp3) is 0.441. The van der Waals surface area contributed by atoms with E-state index in [2.05, 4.69) is 44.5 Å². The van der Waals surface area contributed by atoms with Gasteiger partial charge < -0.3 is 24.2 Å². The Bertz CT molecular complexity index is 1870. The van der Waals surface area contributed by atoms with Gasteiger partial charge in [-0.3, -0.25) is 9.59 Å². The number of thiophene rings is 1. The van der Waals surface area contributed by atoms with Gasteiger partial charge in [0.2, 0.25) is 5.62 Å². The summed E-state index contributed by atoms with van der Waals surface area (Å²) in [6, 6.07) is 11.8. The number of H-pyrrole nitrogens is 1. The summed E-state index contributed by atoms with van der Waals surface area (Å²) in [6.07, 6.45) is 7.63. The van der Waals surface area contributed by atoms with E-state index in [9.17, 15) is 14.9 Å². The number of aromatic amines is 1. The van der Waals surface area contributed by atoms with Crippen LogP contribution in [0.5, 0.6) is 0 Å². The largest absolute Gasteiger partial charge is 0.440 e. The second-order valence-corrected chi connectivity index (χ2v) is 14.2. The zero-order chi connectivity index (χ0) is 31.7. The van der Waals surface area contributed by atoms with E-state index in [0.29, 0.717) is 35.2 Å². The fourth-order valence-corrected chi connectivity index (χ4v) is 6.63. The van der Waals surface area contributed by atoms with Gasteiger partial charge in [0.25, 0.3) is 11.8 Å². The first kappa shape index (κ1) is 30.7. The van der Waals surface area contributed by atoms with Crippen molar-refractivity contribution < 1.29 is 14.0 Å². The number of benzene rings is 1. The molecule has 2 fully saturated rings. The first-order valence-electron chi connectivity index (χ1n) is 15.6. The van der Waals surface area contributed by atoms with Crippen LogP contribution in [-0.2, 0) is 17.9 Å². The molecule has 234 valence electrons. The molecule has 2 N–H and O–H groups in total. The van der Waals surface area contributed by atoms with Crippen LogP contribution in [-0.4, -0.2) is 50.4 Å². The van der Waals surface area contributed by atoms with Crippen molar-refractivity contribution in [2.45, 2.75) is 72.5 Å². The number of aromatic nitrogens is 3. The lowest BCUT2D eigenvalue weighted by atomic mass is 9.93. The molecule has 4 heterocycles. The number of hydrogen-bond donors (Lipinski definition) is 2. The number of imidazole rings is 1. The van der Waals surface area contributed by atoms with Crippen molar-refractivity contribution in [3.05, 3.63) is 70.1 Å². The van der Waals surface area contributed by atoms with Crippen molar-refractivity contribution in [3.63, 3.8) is 0 Å². The van der Waals surface area contributed by atoms with E-state index in [4.69, 9.17) is 4.42 Å². The predicted octanol–water partition coefficient (Wildman–Crippen LogP) is 5.72. The number of hydrogen-bond acceptors (Lipinski definition) is 7. The molecule has 10 nitrogen and oxygen atoms in total. The molecule has 2 amide bonds. The summed E-state index contributed by atoms with van der Waals surface area (Å²) in [5.74, 6) is 1.35. The van der Waals surface area contributed by atoms with Crippen molar-refractivity contribution in [2.75, 3.05) is 13.1 Å². The number of carbonyl (C=O) groups is 2. The monoisotopic (exact) mass is 625 g/mol. The van der Waals surface area contributed by atoms with Gasteiger partial charge in [-0.05, 0) is 73.4 Å². The first-order chi connectivity index (χ1) is 21.6. The number of amides is 2. The van der Waals surface area contributed by atoms with Crippen LogP contribution in [0.25, 0.3) is 21.7 Å². The van der Waals surface area contributed by atoms with E-state index in [1.807, 2.05) is 31.4 Å². The van der Waals surface area contributed by atoms with Gasteiger partial charge in [-0.2, -0.15) is 10.3 Å². The number of oxazole rings is 1. The number of fused-ring (bicyclic) bond motifs is 1. The van der Waals surface area contributed by atoms with E-state index in [1.165, 1.54) is 24.2 Å². The van der Waals surface area contributed by atoms with Crippen LogP contribution in [0.2, 0.25) is 0 Å². The van der Waals surface area contributed by atoms with Crippen molar-refractivity contribution in [2.24, 2.45) is 16.3 Å². The zero-order valence-corrected chi connectivity index (χ0v) is 27.0. The molecule has 0 bridgehead atoms. The number of nitriles is 1. The average molecular weight is 626 g/mol. The van der Waals surface area contributed by atoms with Crippen LogP contribution < -0.4 is 10.9 Å². The summed E-state index contributed by atoms with van der Waals surface area (Å²) in [7, 11) is 0. The average Bonchev–Trinajstić information content (AvgIpc) is 3.37. The molecule has 6 rings (SSSR count). The molecule has 3 aromatic heterocycles. The van der Waals surface area contributed by atoms with Crippen LogP contribution >= 0.6 is 11.3 Å². The Hall–Kier alpha value is -4.27. The highest BCUT2D eigenvalue weighted by Crippen LogP contribution is 2.30. The Morgan fingerprint density at radius 1 is 1.24 bits per heavy atom. The highest BCUT2D eigenvalue weighted by atomic mass is 32.1. The maximum Gasteiger partial charge on any atom is 0.290 e. The van der Waals surface area contributed by atoms with Crippen molar-refractivity contribution in [3.8, 4) is 16.7 Å². The maximum absolute atomic E-state index is 13.5. The summed E-state index contributed by atoms with van der Waals surface area (Å²) in [4.78, 5) is 42.2. The van der Waals surface area contributed by atoms with E-state index in [-0.39, 0.29) is 28.8 Å². The molecule has 11 heteroatoms. The van der Waals surface area contributed by atoms with Crippen LogP contribution in [0.3, 0.4) is 0 Å². The third kappa shape index (κ3) is 7.18. The highest BCUT2D eigenvalue weighted by Gasteiger charge is 2.32. The molecule has 2 aliphatic rings. The molecule has 1 aliphatic heterocycles. The third-order valence-electron chi connectivity index (χ3n) is 8.16. The number of rotatable bonds is 9. The maximum atomic E-state index is 13.5. The van der Waals surface area contributed by atoms with Crippen molar-refractivity contribution in [1.82, 2.24) is 24.8 Å². The first-order valence-corrected chi connectivity index (χ1v) is 16.4. The molecule has 0 spiro atoms. The highest BCUT2D eigenvalue weighted by molar-refractivity contribution is 7.17. The number of nitrogens with zero attached hydrogens (tertiary/aromatic N) is 5. The van der Waals surface area contributed by atoms with Gasteiger partial charge in [0.05, 0.1) is 33.0 Å². The topological polar surface area (TPSA) is 132 Å². The summed E-state index contributed by atoms with van der Waals surface area (Å²) in [6.45, 7) is 10.5. The smallest absolute Gasteiger partial charge is 0.290 e. The number of aryl methyl sites for hydroxylation is 1. The summed E-state index contributed by atoms with van der Waals surface area (Å²) >= 11 is 1.31. The van der Waals surface area contributed by atoms with Gasteiger partial charge in [-0.1, -0.05) is 32.9 Å². The molecular formula is C34H39N7O3S. The second kappa shape index (κ2) is 12.6. The molecule has 0 radical (unpaired) electrons. The molecule has 1 saturated carbocycles. The van der Waals surface area contributed by atoms with Crippen LogP contribution in [0.1, 0.15) is 67.6 Å².